The van der Waals surface area contributed by atoms with Gasteiger partial charge in [-0.1, -0.05) is 12.1 Å². The molecule has 1 unspecified atom stereocenters. The quantitative estimate of drug-likeness (QED) is 0.847. The number of aromatic nitrogens is 2. The van der Waals surface area contributed by atoms with E-state index in [4.69, 9.17) is 5.73 Å². The van der Waals surface area contributed by atoms with Crippen LogP contribution < -0.4 is 5.73 Å². The Hall–Kier alpha value is -1.11. The minimum Gasteiger partial charge on any atom is -0.339 e. The summed E-state index contributed by atoms with van der Waals surface area (Å²) in [6, 6.07) is 0. The number of hydrogen-bond acceptors (Lipinski definition) is 4. The summed E-state index contributed by atoms with van der Waals surface area (Å²) in [4.78, 5) is 3.62. The highest BCUT2D eigenvalue weighted by atomic mass is 19.4. The highest BCUT2D eigenvalue weighted by Crippen LogP contribution is 2.22. The Morgan fingerprint density at radius 3 is 2.47 bits per heavy atom. The molecule has 15 heavy (non-hydrogen) atoms. The van der Waals surface area contributed by atoms with Gasteiger partial charge in [-0.3, -0.25) is 0 Å². The van der Waals surface area contributed by atoms with E-state index in [1.54, 1.807) is 13.8 Å². The number of rotatable bonds is 3. The molecule has 1 rings (SSSR count). The second-order valence-corrected chi connectivity index (χ2v) is 3.57. The molecule has 7 heteroatoms. The summed E-state index contributed by atoms with van der Waals surface area (Å²) in [7, 11) is 0. The molecule has 0 aliphatic rings. The molecule has 1 aromatic rings. The average molecular weight is 223 g/mol. The molecule has 0 spiro atoms. The van der Waals surface area contributed by atoms with E-state index in [-0.39, 0.29) is 5.82 Å². The van der Waals surface area contributed by atoms with Crippen molar-refractivity contribution >= 4 is 0 Å². The van der Waals surface area contributed by atoms with Gasteiger partial charge in [0.05, 0.1) is 5.54 Å². The standard InChI is InChI=1S/C8H12F3N3O/c1-3-7(2,12)6-13-5(15-14-6)4-8(9,10)11/h3-4,12H2,1-2H3. The second kappa shape index (κ2) is 3.80. The maximum Gasteiger partial charge on any atom is 0.397 e. The molecule has 0 radical (unpaired) electrons. The van der Waals surface area contributed by atoms with Gasteiger partial charge >= 0.3 is 6.18 Å². The Bertz CT molecular complexity index is 332. The van der Waals surface area contributed by atoms with Gasteiger partial charge in [0.1, 0.15) is 6.42 Å². The molecule has 0 saturated carbocycles. The molecule has 1 heterocycles. The van der Waals surface area contributed by atoms with Gasteiger partial charge in [0, 0.05) is 0 Å². The van der Waals surface area contributed by atoms with Crippen LogP contribution in [0.1, 0.15) is 32.0 Å². The van der Waals surface area contributed by atoms with Crippen molar-refractivity contribution in [3.05, 3.63) is 11.7 Å². The minimum atomic E-state index is -4.35. The van der Waals surface area contributed by atoms with Gasteiger partial charge < -0.3 is 10.3 Å². The van der Waals surface area contributed by atoms with Crippen molar-refractivity contribution in [3.8, 4) is 0 Å². The van der Waals surface area contributed by atoms with Crippen LogP contribution in [-0.2, 0) is 12.0 Å². The fourth-order valence-corrected chi connectivity index (χ4v) is 0.888. The lowest BCUT2D eigenvalue weighted by atomic mass is 10.0. The number of halogens is 3. The average Bonchev–Trinajstić information content (AvgIpc) is 2.50. The molecule has 4 nitrogen and oxygen atoms in total. The molecule has 0 saturated heterocycles. The number of nitrogens with zero attached hydrogens (tertiary/aromatic N) is 2. The normalized spacial score (nSPS) is 16.4. The highest BCUT2D eigenvalue weighted by molar-refractivity contribution is 5.01. The van der Waals surface area contributed by atoms with Gasteiger partial charge in [0.2, 0.25) is 5.89 Å². The van der Waals surface area contributed by atoms with Gasteiger partial charge in [0.15, 0.2) is 5.82 Å². The third-order valence-corrected chi connectivity index (χ3v) is 2.07. The molecule has 86 valence electrons. The van der Waals surface area contributed by atoms with Crippen molar-refractivity contribution in [3.63, 3.8) is 0 Å². The van der Waals surface area contributed by atoms with Gasteiger partial charge in [0.25, 0.3) is 0 Å². The van der Waals surface area contributed by atoms with Crippen LogP contribution in [0.15, 0.2) is 4.52 Å². The van der Waals surface area contributed by atoms with E-state index in [1.165, 1.54) is 0 Å². The van der Waals surface area contributed by atoms with Crippen LogP contribution in [-0.4, -0.2) is 16.3 Å². The lowest BCUT2D eigenvalue weighted by molar-refractivity contribution is -0.131. The first kappa shape index (κ1) is 12.0. The van der Waals surface area contributed by atoms with Gasteiger partial charge in [-0.2, -0.15) is 18.2 Å². The first-order chi connectivity index (χ1) is 6.74. The van der Waals surface area contributed by atoms with Crippen molar-refractivity contribution in [1.82, 2.24) is 10.1 Å². The first-order valence-electron chi connectivity index (χ1n) is 4.43. The van der Waals surface area contributed by atoms with E-state index >= 15 is 0 Å². The molecule has 0 aliphatic heterocycles. The zero-order chi connectivity index (χ0) is 11.7. The Kier molecular flexibility index (Phi) is 3.03. The predicted octanol–water partition coefficient (Wildman–Crippen LogP) is 1.76. The smallest absolute Gasteiger partial charge is 0.339 e. The summed E-state index contributed by atoms with van der Waals surface area (Å²) >= 11 is 0. The maximum absolute atomic E-state index is 12.0. The van der Waals surface area contributed by atoms with E-state index in [1.807, 2.05) is 0 Å². The maximum atomic E-state index is 12.0. The van der Waals surface area contributed by atoms with Crippen molar-refractivity contribution < 1.29 is 17.7 Å². The van der Waals surface area contributed by atoms with Gasteiger partial charge in [-0.15, -0.1) is 0 Å². The molecule has 2 N–H and O–H groups in total. The van der Waals surface area contributed by atoms with Crippen LogP contribution in [0.25, 0.3) is 0 Å². The van der Waals surface area contributed by atoms with Crippen LogP contribution >= 0.6 is 0 Å². The fourth-order valence-electron chi connectivity index (χ4n) is 0.888. The summed E-state index contributed by atoms with van der Waals surface area (Å²) < 4.78 is 40.4. The molecule has 0 aromatic carbocycles. The third-order valence-electron chi connectivity index (χ3n) is 2.07. The molecular formula is C8H12F3N3O. The zero-order valence-corrected chi connectivity index (χ0v) is 8.43. The summed E-state index contributed by atoms with van der Waals surface area (Å²) in [5.41, 5.74) is 4.89. The van der Waals surface area contributed by atoms with E-state index in [0.717, 1.165) is 0 Å². The number of alkyl halides is 3. The molecule has 0 aliphatic carbocycles. The van der Waals surface area contributed by atoms with E-state index in [0.29, 0.717) is 6.42 Å². The van der Waals surface area contributed by atoms with Crippen LogP contribution in [0.3, 0.4) is 0 Å². The largest absolute Gasteiger partial charge is 0.397 e. The summed E-state index contributed by atoms with van der Waals surface area (Å²) in [6.45, 7) is 3.43. The molecule has 0 fully saturated rings. The third kappa shape index (κ3) is 3.19. The zero-order valence-electron chi connectivity index (χ0n) is 8.43. The number of nitrogens with two attached hydrogens (primary N) is 1. The predicted molar refractivity (Wildman–Crippen MR) is 45.9 cm³/mol. The van der Waals surface area contributed by atoms with Crippen molar-refractivity contribution in [1.29, 1.82) is 0 Å². The molecular weight excluding hydrogens is 211 g/mol. The Morgan fingerprint density at radius 1 is 1.40 bits per heavy atom. The lowest BCUT2D eigenvalue weighted by Gasteiger charge is -2.16. The Labute approximate surface area is 84.6 Å². The van der Waals surface area contributed by atoms with Crippen LogP contribution in [0.2, 0.25) is 0 Å². The molecule has 0 amide bonds. The van der Waals surface area contributed by atoms with Crippen LogP contribution in [0.5, 0.6) is 0 Å². The molecule has 1 atom stereocenters. The summed E-state index contributed by atoms with van der Waals surface area (Å²) in [5, 5.41) is 3.43. The van der Waals surface area contributed by atoms with Gasteiger partial charge in [-0.05, 0) is 13.3 Å². The molecule has 0 bridgehead atoms. The topological polar surface area (TPSA) is 64.9 Å². The number of hydrogen-bond donors (Lipinski definition) is 1. The lowest BCUT2D eigenvalue weighted by Crippen LogP contribution is -2.33. The van der Waals surface area contributed by atoms with E-state index in [9.17, 15) is 13.2 Å². The van der Waals surface area contributed by atoms with Crippen molar-refractivity contribution in [2.45, 2.75) is 38.4 Å². The van der Waals surface area contributed by atoms with Gasteiger partial charge in [-0.25, -0.2) is 0 Å². The highest BCUT2D eigenvalue weighted by Gasteiger charge is 2.33. The van der Waals surface area contributed by atoms with Crippen LogP contribution in [0.4, 0.5) is 13.2 Å². The summed E-state index contributed by atoms with van der Waals surface area (Å²) in [6.07, 6.45) is -5.06. The van der Waals surface area contributed by atoms with Crippen molar-refractivity contribution in [2.75, 3.05) is 0 Å². The summed E-state index contributed by atoms with van der Waals surface area (Å²) in [5.74, 6) is -0.355. The SMILES string of the molecule is CCC(C)(N)c1noc(CC(F)(F)F)n1. The first-order valence-corrected chi connectivity index (χ1v) is 4.43. The minimum absolute atomic E-state index is 0.101. The second-order valence-electron chi connectivity index (χ2n) is 3.57. The Morgan fingerprint density at radius 2 is 2.00 bits per heavy atom. The fraction of sp³-hybridized carbons (Fsp3) is 0.750. The monoisotopic (exact) mass is 223 g/mol. The van der Waals surface area contributed by atoms with E-state index < -0.39 is 24.0 Å². The van der Waals surface area contributed by atoms with Crippen LogP contribution in [0, 0.1) is 0 Å². The molecule has 1 aromatic heterocycles. The van der Waals surface area contributed by atoms with E-state index in [2.05, 4.69) is 14.7 Å². The van der Waals surface area contributed by atoms with Crippen molar-refractivity contribution in [2.24, 2.45) is 5.73 Å². The Balaban J connectivity index is 2.81.